The highest BCUT2D eigenvalue weighted by Crippen LogP contribution is 2.31. The summed E-state index contributed by atoms with van der Waals surface area (Å²) >= 11 is 0. The van der Waals surface area contributed by atoms with Crippen LogP contribution in [0.4, 0.5) is 0 Å². The van der Waals surface area contributed by atoms with Crippen LogP contribution in [0.3, 0.4) is 0 Å². The van der Waals surface area contributed by atoms with Gasteiger partial charge in [0.15, 0.2) is 18.9 Å². The lowest BCUT2D eigenvalue weighted by molar-refractivity contribution is -0.377. The molecule has 8 N–H and O–H groups in total. The molecule has 182 valence electrons. The Labute approximate surface area is 178 Å². The second-order valence-corrected chi connectivity index (χ2v) is 8.29. The highest BCUT2D eigenvalue weighted by Gasteiger charge is 2.52. The molecule has 0 saturated carbocycles. The van der Waals surface area contributed by atoms with Crippen molar-refractivity contribution in [3.8, 4) is 0 Å². The van der Waals surface area contributed by atoms with Crippen LogP contribution in [0.5, 0.6) is 0 Å². The number of hydrogen-bond donors (Lipinski definition) is 8. The van der Waals surface area contributed by atoms with Crippen LogP contribution in [-0.2, 0) is 23.7 Å². The van der Waals surface area contributed by atoms with Crippen molar-refractivity contribution in [3.05, 3.63) is 0 Å². The Morgan fingerprint density at radius 2 is 0.903 bits per heavy atom. The molecule has 0 amide bonds. The van der Waals surface area contributed by atoms with Gasteiger partial charge in [-0.15, -0.1) is 0 Å². The number of aliphatic hydroxyl groups is 8. The number of rotatable bonds is 4. The first-order valence-electron chi connectivity index (χ1n) is 10.2. The van der Waals surface area contributed by atoms with Gasteiger partial charge in [0, 0.05) is 0 Å². The third-order valence-corrected chi connectivity index (χ3v) is 5.98. The summed E-state index contributed by atoms with van der Waals surface area (Å²) in [7, 11) is 0. The van der Waals surface area contributed by atoms with Gasteiger partial charge in [0.2, 0.25) is 0 Å². The van der Waals surface area contributed by atoms with E-state index < -0.39 is 92.1 Å². The minimum Gasteiger partial charge on any atom is -0.388 e. The number of hydrogen-bond acceptors (Lipinski definition) is 13. The van der Waals surface area contributed by atoms with E-state index in [-0.39, 0.29) is 0 Å². The highest BCUT2D eigenvalue weighted by atomic mass is 16.7. The first kappa shape index (κ1) is 25.1. The molecule has 13 nitrogen and oxygen atoms in total. The zero-order chi connectivity index (χ0) is 23.2. The quantitative estimate of drug-likeness (QED) is 0.201. The molecule has 0 aromatic carbocycles. The highest BCUT2D eigenvalue weighted by molar-refractivity contribution is 4.94. The molecular formula is C18H32O13. The van der Waals surface area contributed by atoms with Crippen molar-refractivity contribution < 1.29 is 64.5 Å². The van der Waals surface area contributed by atoms with E-state index in [2.05, 4.69) is 0 Å². The molecule has 0 spiro atoms. The standard InChI is InChI=1S/C18H32O13/c1-4-8(20)11(23)15(16(26)27-4)31-18-13(25)14(9(21)6(3)29-18)30-17-12(24)10(22)7(19)5(2)28-17/h4-26H,1-3H3/t4-,5-,6-,7-,8-,9-,10+,11+,12+,13+,14+,15+,16?,17-,18-/m1/s1. The van der Waals surface area contributed by atoms with Gasteiger partial charge >= 0.3 is 0 Å². The van der Waals surface area contributed by atoms with E-state index >= 15 is 0 Å². The predicted molar refractivity (Wildman–Crippen MR) is 97.0 cm³/mol. The van der Waals surface area contributed by atoms with Crippen LogP contribution in [0, 0.1) is 0 Å². The van der Waals surface area contributed by atoms with Gasteiger partial charge in [-0.25, -0.2) is 0 Å². The van der Waals surface area contributed by atoms with Crippen molar-refractivity contribution >= 4 is 0 Å². The average molecular weight is 456 g/mol. The third kappa shape index (κ3) is 4.89. The van der Waals surface area contributed by atoms with Crippen LogP contribution in [0.15, 0.2) is 0 Å². The van der Waals surface area contributed by atoms with Crippen molar-refractivity contribution in [2.45, 2.75) is 113 Å². The van der Waals surface area contributed by atoms with Gasteiger partial charge in [-0.2, -0.15) is 0 Å². The summed E-state index contributed by atoms with van der Waals surface area (Å²) < 4.78 is 26.9. The molecule has 3 saturated heterocycles. The first-order valence-corrected chi connectivity index (χ1v) is 10.2. The summed E-state index contributed by atoms with van der Waals surface area (Å²) in [6, 6.07) is 0. The monoisotopic (exact) mass is 456 g/mol. The summed E-state index contributed by atoms with van der Waals surface area (Å²) in [4.78, 5) is 0. The molecule has 0 aromatic heterocycles. The minimum absolute atomic E-state index is 0.868. The zero-order valence-corrected chi connectivity index (χ0v) is 17.3. The van der Waals surface area contributed by atoms with Crippen LogP contribution in [0.1, 0.15) is 20.8 Å². The molecule has 0 radical (unpaired) electrons. The maximum absolute atomic E-state index is 10.7. The summed E-state index contributed by atoms with van der Waals surface area (Å²) in [5.74, 6) is 0. The maximum Gasteiger partial charge on any atom is 0.187 e. The first-order chi connectivity index (χ1) is 14.4. The molecule has 0 aliphatic carbocycles. The molecule has 31 heavy (non-hydrogen) atoms. The molecule has 0 aromatic rings. The zero-order valence-electron chi connectivity index (χ0n) is 17.3. The van der Waals surface area contributed by atoms with Gasteiger partial charge in [0.25, 0.3) is 0 Å². The average Bonchev–Trinajstić information content (AvgIpc) is 2.72. The van der Waals surface area contributed by atoms with Crippen molar-refractivity contribution in [1.82, 2.24) is 0 Å². The van der Waals surface area contributed by atoms with E-state index in [4.69, 9.17) is 23.7 Å². The number of ether oxygens (including phenoxy) is 5. The molecule has 15 atom stereocenters. The predicted octanol–water partition coefficient (Wildman–Crippen LogP) is -4.49. The van der Waals surface area contributed by atoms with E-state index in [9.17, 15) is 40.9 Å². The van der Waals surface area contributed by atoms with Crippen LogP contribution in [-0.4, -0.2) is 133 Å². The molecule has 3 fully saturated rings. The lowest BCUT2D eigenvalue weighted by atomic mass is 9.97. The molecule has 3 aliphatic heterocycles. The molecule has 0 bridgehead atoms. The molecule has 13 heteroatoms. The second kappa shape index (κ2) is 9.77. The summed E-state index contributed by atoms with van der Waals surface area (Å²) in [6.45, 7) is 4.34. The second-order valence-electron chi connectivity index (χ2n) is 8.29. The fourth-order valence-electron chi connectivity index (χ4n) is 3.87. The summed E-state index contributed by atoms with van der Waals surface area (Å²) in [5.41, 5.74) is 0. The lowest BCUT2D eigenvalue weighted by Gasteiger charge is -2.47. The van der Waals surface area contributed by atoms with Gasteiger partial charge < -0.3 is 64.5 Å². The Balaban J connectivity index is 1.72. The molecule has 3 aliphatic rings. The molecule has 3 rings (SSSR count). The third-order valence-electron chi connectivity index (χ3n) is 5.98. The van der Waals surface area contributed by atoms with Gasteiger partial charge in [-0.3, -0.25) is 0 Å². The van der Waals surface area contributed by atoms with Crippen LogP contribution < -0.4 is 0 Å². The van der Waals surface area contributed by atoms with E-state index in [0.29, 0.717) is 0 Å². The Hall–Kier alpha value is -0.520. The normalized spacial score (nSPS) is 56.4. The Morgan fingerprint density at radius 1 is 0.452 bits per heavy atom. The fourth-order valence-corrected chi connectivity index (χ4v) is 3.87. The van der Waals surface area contributed by atoms with Crippen molar-refractivity contribution in [2.75, 3.05) is 0 Å². The van der Waals surface area contributed by atoms with Crippen molar-refractivity contribution in [2.24, 2.45) is 0 Å². The van der Waals surface area contributed by atoms with Gasteiger partial charge in [-0.1, -0.05) is 0 Å². The van der Waals surface area contributed by atoms with Crippen molar-refractivity contribution in [3.63, 3.8) is 0 Å². The smallest absolute Gasteiger partial charge is 0.187 e. The van der Waals surface area contributed by atoms with Crippen LogP contribution in [0.2, 0.25) is 0 Å². The summed E-state index contributed by atoms with van der Waals surface area (Å²) in [6.07, 6.45) is -21.0. The SMILES string of the molecule is C[C@H]1O[C@H](O[C@@H]2[C@H](O)[C@@H](O[C@@H]3C(O)O[C@H](C)[C@@H](O)[C@@H]3O)O[C@H](C)[C@H]2O)[C@@H](O)[C@@H](O)[C@@H]1O. The maximum atomic E-state index is 10.7. The lowest BCUT2D eigenvalue weighted by Crippen LogP contribution is -2.65. The van der Waals surface area contributed by atoms with Gasteiger partial charge in [-0.05, 0) is 20.8 Å². The largest absolute Gasteiger partial charge is 0.388 e. The topological polar surface area (TPSA) is 208 Å². The fraction of sp³-hybridized carbons (Fsp3) is 1.00. The molecule has 3 heterocycles. The Bertz CT molecular complexity index is 595. The Kier molecular flexibility index (Phi) is 7.91. The van der Waals surface area contributed by atoms with Crippen LogP contribution in [0.25, 0.3) is 0 Å². The molecular weight excluding hydrogens is 424 g/mol. The van der Waals surface area contributed by atoms with E-state index in [0.717, 1.165) is 0 Å². The van der Waals surface area contributed by atoms with E-state index in [1.165, 1.54) is 20.8 Å². The number of aliphatic hydroxyl groups excluding tert-OH is 8. The van der Waals surface area contributed by atoms with Gasteiger partial charge in [0.05, 0.1) is 18.3 Å². The van der Waals surface area contributed by atoms with Crippen LogP contribution >= 0.6 is 0 Å². The minimum atomic E-state index is -1.70. The molecule has 1 unspecified atom stereocenters. The Morgan fingerprint density at radius 3 is 1.52 bits per heavy atom. The van der Waals surface area contributed by atoms with Crippen molar-refractivity contribution in [1.29, 1.82) is 0 Å². The summed E-state index contributed by atoms with van der Waals surface area (Å²) in [5, 5.41) is 81.3. The van der Waals surface area contributed by atoms with Gasteiger partial charge in [0.1, 0.15) is 54.9 Å². The van der Waals surface area contributed by atoms with E-state index in [1.807, 2.05) is 0 Å². The van der Waals surface area contributed by atoms with E-state index in [1.54, 1.807) is 0 Å².